The maximum Gasteiger partial charge on any atom is 0.339 e. The SMILES string of the molecule is CC#C[C@]1(CCc2ccccc2)CC(O)=C(C(CC)c2cccc(N(Cc3ccccc3)Cc3ccccc3)c2)C(=O)O1. The summed E-state index contributed by atoms with van der Waals surface area (Å²) in [5.41, 5.74) is 4.91. The van der Waals surface area contributed by atoms with Crippen LogP contribution in [0, 0.1) is 11.8 Å². The van der Waals surface area contributed by atoms with Gasteiger partial charge in [0, 0.05) is 31.1 Å². The lowest BCUT2D eigenvalue weighted by Crippen LogP contribution is -2.40. The van der Waals surface area contributed by atoms with Crippen molar-refractivity contribution in [1.82, 2.24) is 0 Å². The van der Waals surface area contributed by atoms with Crippen molar-refractivity contribution in [3.8, 4) is 11.8 Å². The summed E-state index contributed by atoms with van der Waals surface area (Å²) >= 11 is 0. The van der Waals surface area contributed by atoms with Crippen LogP contribution >= 0.6 is 0 Å². The fraction of sp³-hybridized carbons (Fsp3) is 0.256. The van der Waals surface area contributed by atoms with Crippen LogP contribution in [0.2, 0.25) is 0 Å². The predicted molar refractivity (Wildman–Crippen MR) is 174 cm³/mol. The second-order valence-corrected chi connectivity index (χ2v) is 11.2. The molecule has 0 spiro atoms. The van der Waals surface area contributed by atoms with E-state index < -0.39 is 11.6 Å². The lowest BCUT2D eigenvalue weighted by molar-refractivity contribution is -0.153. The smallest absolute Gasteiger partial charge is 0.339 e. The second-order valence-electron chi connectivity index (χ2n) is 11.2. The van der Waals surface area contributed by atoms with E-state index in [1.165, 1.54) is 11.1 Å². The average Bonchev–Trinajstić information content (AvgIpc) is 3.03. The molecule has 1 unspecified atom stereocenters. The zero-order chi connectivity index (χ0) is 30.1. The van der Waals surface area contributed by atoms with E-state index in [0.717, 1.165) is 29.9 Å². The Labute approximate surface area is 255 Å². The van der Waals surface area contributed by atoms with Crippen LogP contribution in [-0.4, -0.2) is 16.7 Å². The van der Waals surface area contributed by atoms with E-state index >= 15 is 0 Å². The number of aliphatic hydroxyl groups is 1. The molecule has 4 aromatic carbocycles. The molecule has 0 amide bonds. The highest BCUT2D eigenvalue weighted by Crippen LogP contribution is 2.40. The molecule has 1 aliphatic rings. The number of aryl methyl sites for hydroxylation is 1. The Morgan fingerprint density at radius 1 is 0.837 bits per heavy atom. The minimum Gasteiger partial charge on any atom is -0.512 e. The molecule has 4 aromatic rings. The lowest BCUT2D eigenvalue weighted by atomic mass is 9.81. The second kappa shape index (κ2) is 13.9. The standard InChI is InChI=1S/C39H39NO3/c1-3-24-39(25-23-30-15-8-5-9-16-30)27-36(41)37(38(42)43-39)35(4-2)33-21-14-22-34(26-33)40(28-31-17-10-6-11-18-31)29-32-19-12-7-13-20-32/h5-22,26,35,41H,4,23,25,27-29H2,1-2H3/t35?,39-/m0/s1. The van der Waals surface area contributed by atoms with Crippen LogP contribution in [0.25, 0.3) is 0 Å². The summed E-state index contributed by atoms with van der Waals surface area (Å²) in [6.45, 7) is 5.27. The fourth-order valence-electron chi connectivity index (χ4n) is 5.98. The van der Waals surface area contributed by atoms with E-state index in [1.807, 2.05) is 49.4 Å². The molecule has 4 nitrogen and oxygen atoms in total. The molecule has 2 atom stereocenters. The van der Waals surface area contributed by atoms with Crippen molar-refractivity contribution in [1.29, 1.82) is 0 Å². The number of ether oxygens (including phenoxy) is 1. The summed E-state index contributed by atoms with van der Waals surface area (Å²) in [7, 11) is 0. The van der Waals surface area contributed by atoms with E-state index in [-0.39, 0.29) is 18.1 Å². The summed E-state index contributed by atoms with van der Waals surface area (Å²) in [6, 6.07) is 39.3. The zero-order valence-corrected chi connectivity index (χ0v) is 25.0. The van der Waals surface area contributed by atoms with Gasteiger partial charge in [-0.2, -0.15) is 0 Å². The molecule has 0 saturated carbocycles. The maximum atomic E-state index is 13.7. The number of rotatable bonds is 11. The molecule has 0 aliphatic carbocycles. The van der Waals surface area contributed by atoms with Crippen LogP contribution in [-0.2, 0) is 29.0 Å². The van der Waals surface area contributed by atoms with Gasteiger partial charge in [0.25, 0.3) is 0 Å². The first-order valence-electron chi connectivity index (χ1n) is 15.1. The Kier molecular flexibility index (Phi) is 9.64. The molecule has 4 heteroatoms. The molecule has 5 rings (SSSR count). The van der Waals surface area contributed by atoms with Crippen LogP contribution < -0.4 is 4.90 Å². The number of aliphatic hydroxyl groups excluding tert-OH is 1. The van der Waals surface area contributed by atoms with Crippen LogP contribution in [0.15, 0.2) is 127 Å². The molecule has 43 heavy (non-hydrogen) atoms. The number of nitrogens with zero attached hydrogens (tertiary/aromatic N) is 1. The third-order valence-electron chi connectivity index (χ3n) is 8.11. The topological polar surface area (TPSA) is 49.8 Å². The highest BCUT2D eigenvalue weighted by atomic mass is 16.6. The van der Waals surface area contributed by atoms with Crippen molar-refractivity contribution >= 4 is 11.7 Å². The van der Waals surface area contributed by atoms with Gasteiger partial charge in [0.05, 0.1) is 12.0 Å². The zero-order valence-electron chi connectivity index (χ0n) is 25.0. The van der Waals surface area contributed by atoms with Gasteiger partial charge in [0.1, 0.15) is 5.76 Å². The van der Waals surface area contributed by atoms with Gasteiger partial charge in [-0.1, -0.05) is 116 Å². The maximum absolute atomic E-state index is 13.7. The first-order valence-corrected chi connectivity index (χ1v) is 15.1. The van der Waals surface area contributed by atoms with E-state index in [2.05, 4.69) is 89.5 Å². The summed E-state index contributed by atoms with van der Waals surface area (Å²) < 4.78 is 6.12. The van der Waals surface area contributed by atoms with Gasteiger partial charge < -0.3 is 14.7 Å². The normalized spacial score (nSPS) is 17.0. The molecule has 218 valence electrons. The first-order chi connectivity index (χ1) is 21.0. The Morgan fingerprint density at radius 3 is 1.95 bits per heavy atom. The highest BCUT2D eigenvalue weighted by Gasteiger charge is 2.42. The van der Waals surface area contributed by atoms with Gasteiger partial charge >= 0.3 is 5.97 Å². The number of hydrogen-bond donors (Lipinski definition) is 1. The van der Waals surface area contributed by atoms with Gasteiger partial charge in [0.2, 0.25) is 0 Å². The van der Waals surface area contributed by atoms with Crippen LogP contribution in [0.1, 0.15) is 61.3 Å². The van der Waals surface area contributed by atoms with Crippen LogP contribution in [0.4, 0.5) is 5.69 Å². The molecule has 0 saturated heterocycles. The van der Waals surface area contributed by atoms with Gasteiger partial charge in [-0.15, -0.1) is 5.92 Å². The summed E-state index contributed by atoms with van der Waals surface area (Å²) in [5.74, 6) is 5.35. The van der Waals surface area contributed by atoms with Crippen LogP contribution in [0.5, 0.6) is 0 Å². The number of carbonyl (C=O) groups is 1. The molecule has 0 bridgehead atoms. The van der Waals surface area contributed by atoms with Crippen molar-refractivity contribution in [2.75, 3.05) is 4.90 Å². The lowest BCUT2D eigenvalue weighted by Gasteiger charge is -2.35. The predicted octanol–water partition coefficient (Wildman–Crippen LogP) is 8.54. The monoisotopic (exact) mass is 569 g/mol. The minimum absolute atomic E-state index is 0.0785. The third-order valence-corrected chi connectivity index (χ3v) is 8.11. The van der Waals surface area contributed by atoms with Gasteiger partial charge in [0.15, 0.2) is 5.60 Å². The van der Waals surface area contributed by atoms with E-state index in [9.17, 15) is 9.90 Å². The van der Waals surface area contributed by atoms with Crippen molar-refractivity contribution in [3.63, 3.8) is 0 Å². The van der Waals surface area contributed by atoms with Gasteiger partial charge in [-0.05, 0) is 54.2 Å². The molecule has 1 heterocycles. The summed E-state index contributed by atoms with van der Waals surface area (Å²) in [5, 5.41) is 11.4. The van der Waals surface area contributed by atoms with Crippen molar-refractivity contribution in [3.05, 3.63) is 149 Å². The molecule has 0 aromatic heterocycles. The molecule has 0 radical (unpaired) electrons. The average molecular weight is 570 g/mol. The highest BCUT2D eigenvalue weighted by molar-refractivity contribution is 5.92. The Hall–Kier alpha value is -4.75. The molecular formula is C39H39NO3. The summed E-state index contributed by atoms with van der Waals surface area (Å²) in [4.78, 5) is 16.0. The van der Waals surface area contributed by atoms with E-state index in [0.29, 0.717) is 24.8 Å². The Bertz CT molecular complexity index is 1560. The molecule has 0 fully saturated rings. The molecule has 1 aliphatic heterocycles. The van der Waals surface area contributed by atoms with E-state index in [1.54, 1.807) is 6.92 Å². The fourth-order valence-corrected chi connectivity index (χ4v) is 5.98. The summed E-state index contributed by atoms with van der Waals surface area (Å²) in [6.07, 6.45) is 2.04. The van der Waals surface area contributed by atoms with Crippen LogP contribution in [0.3, 0.4) is 0 Å². The quantitative estimate of drug-likeness (QED) is 0.145. The number of anilines is 1. The first kappa shape index (κ1) is 29.7. The third kappa shape index (κ3) is 7.37. The van der Waals surface area contributed by atoms with Crippen molar-refractivity contribution in [2.24, 2.45) is 0 Å². The Balaban J connectivity index is 1.44. The Morgan fingerprint density at radius 2 is 1.42 bits per heavy atom. The number of carbonyl (C=O) groups excluding carboxylic acids is 1. The van der Waals surface area contributed by atoms with Gasteiger partial charge in [-0.25, -0.2) is 4.79 Å². The van der Waals surface area contributed by atoms with Gasteiger partial charge in [-0.3, -0.25) is 0 Å². The molecular weight excluding hydrogens is 530 g/mol. The minimum atomic E-state index is -1.04. The molecule has 1 N–H and O–H groups in total. The van der Waals surface area contributed by atoms with E-state index in [4.69, 9.17) is 4.74 Å². The number of esters is 1. The number of hydrogen-bond acceptors (Lipinski definition) is 4. The largest absolute Gasteiger partial charge is 0.512 e. The number of cyclic esters (lactones) is 1. The van der Waals surface area contributed by atoms with Crippen molar-refractivity contribution < 1.29 is 14.6 Å². The number of benzene rings is 4. The van der Waals surface area contributed by atoms with Crippen molar-refractivity contribution in [2.45, 2.75) is 64.1 Å².